The molecule has 0 unspecified atom stereocenters. The molecule has 2 aliphatic carbocycles. The quantitative estimate of drug-likeness (QED) is 0.793. The van der Waals surface area contributed by atoms with Crippen LogP contribution in [0.25, 0.3) is 0 Å². The minimum atomic E-state index is -2.47. The lowest BCUT2D eigenvalue weighted by Crippen LogP contribution is -2.70. The maximum Gasteiger partial charge on any atom is 0.249 e. The van der Waals surface area contributed by atoms with Crippen molar-refractivity contribution in [2.75, 3.05) is 13.1 Å². The van der Waals surface area contributed by atoms with E-state index in [-0.39, 0.29) is 41.0 Å². The molecule has 4 rings (SSSR count). The fraction of sp³-hybridized carbons (Fsp3) is 0.588. The van der Waals surface area contributed by atoms with Crippen LogP contribution in [0.5, 0.6) is 0 Å². The standard InChI is InChI=1S/C17H17ClF3NO/c18-13-4-12(19)2-1-11(13)3-14(23)22-9-16(10-22)5-15(6-16)7-17(20,21)8-15/h1-2,4H,3,5-10H2. The normalized spacial score (nSPS) is 25.7. The van der Waals surface area contributed by atoms with E-state index in [1.807, 2.05) is 0 Å². The van der Waals surface area contributed by atoms with Gasteiger partial charge in [0, 0.05) is 36.4 Å². The molecule has 1 aromatic rings. The third-order valence-electron chi connectivity index (χ3n) is 5.53. The molecule has 23 heavy (non-hydrogen) atoms. The largest absolute Gasteiger partial charge is 0.341 e. The van der Waals surface area contributed by atoms with E-state index < -0.39 is 11.7 Å². The average Bonchev–Trinajstić information content (AvgIpc) is 2.32. The molecule has 0 atom stereocenters. The van der Waals surface area contributed by atoms with Crippen molar-refractivity contribution < 1.29 is 18.0 Å². The van der Waals surface area contributed by atoms with Crippen LogP contribution in [0.1, 0.15) is 31.2 Å². The molecule has 3 aliphatic rings. The highest BCUT2D eigenvalue weighted by molar-refractivity contribution is 6.31. The number of nitrogens with zero attached hydrogens (tertiary/aromatic N) is 1. The Bertz CT molecular complexity index is 666. The fourth-order valence-electron chi connectivity index (χ4n) is 4.94. The minimum Gasteiger partial charge on any atom is -0.341 e. The zero-order chi connectivity index (χ0) is 16.5. The number of hydrogen-bond acceptors (Lipinski definition) is 1. The van der Waals surface area contributed by atoms with Crippen LogP contribution in [0.15, 0.2) is 18.2 Å². The average molecular weight is 344 g/mol. The van der Waals surface area contributed by atoms with Crippen molar-refractivity contribution in [3.8, 4) is 0 Å². The lowest BCUT2D eigenvalue weighted by molar-refractivity contribution is -0.256. The summed E-state index contributed by atoms with van der Waals surface area (Å²) in [5.41, 5.74) is 0.528. The van der Waals surface area contributed by atoms with Gasteiger partial charge in [-0.05, 0) is 36.0 Å². The molecule has 0 radical (unpaired) electrons. The number of carbonyl (C=O) groups is 1. The molecule has 1 aromatic carbocycles. The Balaban J connectivity index is 1.30. The summed E-state index contributed by atoms with van der Waals surface area (Å²) in [6, 6.07) is 4.02. The first-order valence-electron chi connectivity index (χ1n) is 7.80. The number of benzene rings is 1. The maximum absolute atomic E-state index is 13.0. The first-order chi connectivity index (χ1) is 10.7. The van der Waals surface area contributed by atoms with Gasteiger partial charge in [0.05, 0.1) is 6.42 Å². The number of carbonyl (C=O) groups excluding carboxylic acids is 1. The lowest BCUT2D eigenvalue weighted by Gasteiger charge is -2.68. The number of hydrogen-bond donors (Lipinski definition) is 0. The van der Waals surface area contributed by atoms with Gasteiger partial charge < -0.3 is 4.90 Å². The van der Waals surface area contributed by atoms with Crippen molar-refractivity contribution in [1.82, 2.24) is 4.90 Å². The molecule has 2 spiro atoms. The second kappa shape index (κ2) is 4.65. The molecular formula is C17H17ClF3NO. The van der Waals surface area contributed by atoms with Gasteiger partial charge in [-0.1, -0.05) is 17.7 Å². The van der Waals surface area contributed by atoms with Crippen LogP contribution in [0.4, 0.5) is 13.2 Å². The van der Waals surface area contributed by atoms with Gasteiger partial charge in [-0.15, -0.1) is 0 Å². The molecule has 6 heteroatoms. The van der Waals surface area contributed by atoms with E-state index in [2.05, 4.69) is 0 Å². The van der Waals surface area contributed by atoms with E-state index in [0.29, 0.717) is 18.7 Å². The Morgan fingerprint density at radius 2 is 1.78 bits per heavy atom. The molecule has 2 saturated carbocycles. The highest BCUT2D eigenvalue weighted by atomic mass is 35.5. The Morgan fingerprint density at radius 1 is 1.13 bits per heavy atom. The summed E-state index contributed by atoms with van der Waals surface area (Å²) in [4.78, 5) is 14.0. The van der Waals surface area contributed by atoms with E-state index in [0.717, 1.165) is 12.8 Å². The van der Waals surface area contributed by atoms with Gasteiger partial charge in [0.1, 0.15) is 5.82 Å². The Kier molecular flexibility index (Phi) is 3.10. The molecule has 2 nitrogen and oxygen atoms in total. The Morgan fingerprint density at radius 3 is 2.35 bits per heavy atom. The predicted octanol–water partition coefficient (Wildman–Crippen LogP) is 4.06. The second-order valence-corrected chi connectivity index (χ2v) is 8.13. The second-order valence-electron chi connectivity index (χ2n) is 7.73. The zero-order valence-corrected chi connectivity index (χ0v) is 13.3. The fourth-order valence-corrected chi connectivity index (χ4v) is 5.17. The van der Waals surface area contributed by atoms with Crippen LogP contribution in [-0.2, 0) is 11.2 Å². The molecule has 1 saturated heterocycles. The van der Waals surface area contributed by atoms with Crippen LogP contribution in [0, 0.1) is 16.6 Å². The molecule has 1 amide bonds. The first kappa shape index (κ1) is 15.3. The summed E-state index contributed by atoms with van der Waals surface area (Å²) >= 11 is 5.94. The number of alkyl halides is 2. The predicted molar refractivity (Wildman–Crippen MR) is 80.0 cm³/mol. The van der Waals surface area contributed by atoms with Crippen LogP contribution in [0.2, 0.25) is 5.02 Å². The highest BCUT2D eigenvalue weighted by Crippen LogP contribution is 2.70. The Hall–Kier alpha value is -1.23. The van der Waals surface area contributed by atoms with Gasteiger partial charge in [0.2, 0.25) is 11.8 Å². The third-order valence-corrected chi connectivity index (χ3v) is 5.88. The minimum absolute atomic E-state index is 0.0148. The molecule has 124 valence electrons. The molecule has 1 aliphatic heterocycles. The summed E-state index contributed by atoms with van der Waals surface area (Å²) in [5, 5.41) is 0.257. The highest BCUT2D eigenvalue weighted by Gasteiger charge is 2.69. The van der Waals surface area contributed by atoms with Crippen molar-refractivity contribution in [2.45, 2.75) is 38.0 Å². The summed E-state index contributed by atoms with van der Waals surface area (Å²) in [7, 11) is 0. The lowest BCUT2D eigenvalue weighted by atomic mass is 9.42. The molecule has 3 fully saturated rings. The summed E-state index contributed by atoms with van der Waals surface area (Å²) in [6.07, 6.45) is 1.81. The van der Waals surface area contributed by atoms with Gasteiger partial charge in [0.15, 0.2) is 0 Å². The first-order valence-corrected chi connectivity index (χ1v) is 8.17. The van der Waals surface area contributed by atoms with Crippen LogP contribution >= 0.6 is 11.6 Å². The van der Waals surface area contributed by atoms with E-state index in [4.69, 9.17) is 11.6 Å². The van der Waals surface area contributed by atoms with Gasteiger partial charge >= 0.3 is 0 Å². The van der Waals surface area contributed by atoms with Crippen molar-refractivity contribution in [3.63, 3.8) is 0 Å². The molecular weight excluding hydrogens is 327 g/mol. The third kappa shape index (κ3) is 2.53. The van der Waals surface area contributed by atoms with Crippen LogP contribution in [-0.4, -0.2) is 29.8 Å². The smallest absolute Gasteiger partial charge is 0.249 e. The number of rotatable bonds is 2. The van der Waals surface area contributed by atoms with Crippen LogP contribution in [0.3, 0.4) is 0 Å². The van der Waals surface area contributed by atoms with Crippen molar-refractivity contribution in [1.29, 1.82) is 0 Å². The monoisotopic (exact) mass is 343 g/mol. The van der Waals surface area contributed by atoms with E-state index >= 15 is 0 Å². The molecule has 1 heterocycles. The van der Waals surface area contributed by atoms with Crippen molar-refractivity contribution >= 4 is 17.5 Å². The van der Waals surface area contributed by atoms with Crippen molar-refractivity contribution in [3.05, 3.63) is 34.6 Å². The number of amides is 1. The topological polar surface area (TPSA) is 20.3 Å². The summed E-state index contributed by atoms with van der Waals surface area (Å²) < 4.78 is 39.1. The summed E-state index contributed by atoms with van der Waals surface area (Å²) in [5.74, 6) is -2.93. The zero-order valence-electron chi connectivity index (χ0n) is 12.5. The van der Waals surface area contributed by atoms with Gasteiger partial charge in [-0.3, -0.25) is 4.79 Å². The maximum atomic E-state index is 13.0. The van der Waals surface area contributed by atoms with Gasteiger partial charge in [-0.2, -0.15) is 0 Å². The molecule has 0 bridgehead atoms. The molecule has 0 aromatic heterocycles. The van der Waals surface area contributed by atoms with E-state index in [1.165, 1.54) is 18.2 Å². The van der Waals surface area contributed by atoms with Gasteiger partial charge in [-0.25, -0.2) is 13.2 Å². The number of halogens is 4. The number of likely N-dealkylation sites (tertiary alicyclic amines) is 1. The Labute approximate surface area is 137 Å². The van der Waals surface area contributed by atoms with E-state index in [9.17, 15) is 18.0 Å². The SMILES string of the molecule is O=C(Cc1ccc(F)cc1Cl)N1CC2(C1)CC1(CC(F)(F)C1)C2. The van der Waals surface area contributed by atoms with E-state index in [1.54, 1.807) is 4.90 Å². The molecule has 0 N–H and O–H groups in total. The van der Waals surface area contributed by atoms with Gasteiger partial charge in [0.25, 0.3) is 0 Å². The van der Waals surface area contributed by atoms with Crippen molar-refractivity contribution in [2.24, 2.45) is 10.8 Å². The van der Waals surface area contributed by atoms with Crippen LogP contribution < -0.4 is 0 Å². The summed E-state index contributed by atoms with van der Waals surface area (Å²) in [6.45, 7) is 1.30.